The van der Waals surface area contributed by atoms with Crippen molar-refractivity contribution in [2.24, 2.45) is 5.73 Å². The molecule has 1 amide bonds. The van der Waals surface area contributed by atoms with E-state index in [4.69, 9.17) is 18.0 Å². The Bertz CT molecular complexity index is 515. The summed E-state index contributed by atoms with van der Waals surface area (Å²) in [7, 11) is 0. The minimum absolute atomic E-state index is 0.0384. The Balaban J connectivity index is 1.97. The zero-order valence-corrected chi connectivity index (χ0v) is 12.2. The summed E-state index contributed by atoms with van der Waals surface area (Å²) in [6.07, 6.45) is 0. The second-order valence-corrected chi connectivity index (χ2v) is 5.39. The number of piperazine rings is 1. The normalized spacial score (nSPS) is 17.8. The summed E-state index contributed by atoms with van der Waals surface area (Å²) in [4.78, 5) is 16.6. The van der Waals surface area contributed by atoms with Crippen molar-refractivity contribution in [1.82, 2.24) is 9.80 Å². The van der Waals surface area contributed by atoms with Gasteiger partial charge in [-0.25, -0.2) is 4.39 Å². The SMILES string of the molecule is CC(C(N)=S)N1CCN(C(=O)c2cccc(F)c2)CC1. The maximum Gasteiger partial charge on any atom is 0.254 e. The summed E-state index contributed by atoms with van der Waals surface area (Å²) in [5.74, 6) is -0.524. The molecule has 0 saturated carbocycles. The number of rotatable bonds is 3. The molecule has 20 heavy (non-hydrogen) atoms. The molecule has 2 rings (SSSR count). The second-order valence-electron chi connectivity index (χ2n) is 4.92. The quantitative estimate of drug-likeness (QED) is 0.853. The van der Waals surface area contributed by atoms with Crippen molar-refractivity contribution in [2.75, 3.05) is 26.2 Å². The molecule has 1 atom stereocenters. The average Bonchev–Trinajstić information content (AvgIpc) is 2.46. The highest BCUT2D eigenvalue weighted by Crippen LogP contribution is 2.12. The first-order valence-corrected chi connectivity index (χ1v) is 6.98. The molecular formula is C14H18FN3OS. The number of thiocarbonyl (C=S) groups is 1. The third-order valence-electron chi connectivity index (χ3n) is 3.63. The van der Waals surface area contributed by atoms with Crippen molar-refractivity contribution in [1.29, 1.82) is 0 Å². The van der Waals surface area contributed by atoms with Gasteiger partial charge in [-0.2, -0.15) is 0 Å². The fourth-order valence-electron chi connectivity index (χ4n) is 2.30. The van der Waals surface area contributed by atoms with Crippen LogP contribution in [0, 0.1) is 5.82 Å². The smallest absolute Gasteiger partial charge is 0.254 e. The molecule has 0 spiro atoms. The molecule has 0 aliphatic carbocycles. The van der Waals surface area contributed by atoms with Crippen molar-refractivity contribution in [3.63, 3.8) is 0 Å². The Kier molecular flexibility index (Phi) is 4.67. The number of carbonyl (C=O) groups excluding carboxylic acids is 1. The van der Waals surface area contributed by atoms with Crippen LogP contribution in [0.4, 0.5) is 4.39 Å². The van der Waals surface area contributed by atoms with Crippen LogP contribution in [0.2, 0.25) is 0 Å². The lowest BCUT2D eigenvalue weighted by Gasteiger charge is -2.37. The van der Waals surface area contributed by atoms with Crippen LogP contribution in [0.5, 0.6) is 0 Å². The van der Waals surface area contributed by atoms with E-state index in [0.29, 0.717) is 23.6 Å². The first-order valence-electron chi connectivity index (χ1n) is 6.57. The van der Waals surface area contributed by atoms with Gasteiger partial charge >= 0.3 is 0 Å². The van der Waals surface area contributed by atoms with Crippen LogP contribution in [-0.2, 0) is 0 Å². The summed E-state index contributed by atoms with van der Waals surface area (Å²) in [5.41, 5.74) is 6.03. The van der Waals surface area contributed by atoms with Crippen LogP contribution in [-0.4, -0.2) is 52.9 Å². The molecule has 0 radical (unpaired) electrons. The topological polar surface area (TPSA) is 49.6 Å². The van der Waals surface area contributed by atoms with Crippen molar-refractivity contribution >= 4 is 23.1 Å². The number of amides is 1. The van der Waals surface area contributed by atoms with Gasteiger partial charge < -0.3 is 10.6 Å². The van der Waals surface area contributed by atoms with Crippen molar-refractivity contribution in [3.05, 3.63) is 35.6 Å². The highest BCUT2D eigenvalue weighted by atomic mass is 32.1. The maximum atomic E-state index is 13.1. The second kappa shape index (κ2) is 6.28. The lowest BCUT2D eigenvalue weighted by atomic mass is 10.1. The van der Waals surface area contributed by atoms with Crippen LogP contribution in [0.25, 0.3) is 0 Å². The standard InChI is InChI=1S/C14H18FN3OS/c1-10(13(16)20)17-5-7-18(8-6-17)14(19)11-3-2-4-12(15)9-11/h2-4,9-10H,5-8H2,1H3,(H2,16,20). The van der Waals surface area contributed by atoms with Gasteiger partial charge in [0.1, 0.15) is 5.82 Å². The Morgan fingerprint density at radius 3 is 2.55 bits per heavy atom. The van der Waals surface area contributed by atoms with E-state index in [2.05, 4.69) is 4.90 Å². The third-order valence-corrected chi connectivity index (χ3v) is 3.97. The van der Waals surface area contributed by atoms with Gasteiger partial charge in [0.25, 0.3) is 5.91 Å². The minimum atomic E-state index is -0.392. The van der Waals surface area contributed by atoms with Gasteiger partial charge in [0.05, 0.1) is 11.0 Å². The van der Waals surface area contributed by atoms with Crippen LogP contribution in [0.3, 0.4) is 0 Å². The van der Waals surface area contributed by atoms with E-state index in [0.717, 1.165) is 13.1 Å². The fraction of sp³-hybridized carbons (Fsp3) is 0.429. The van der Waals surface area contributed by atoms with Gasteiger partial charge in [0, 0.05) is 31.7 Å². The number of hydrogen-bond donors (Lipinski definition) is 1. The van der Waals surface area contributed by atoms with Crippen LogP contribution < -0.4 is 5.73 Å². The molecule has 0 aromatic heterocycles. The van der Waals surface area contributed by atoms with E-state index < -0.39 is 5.82 Å². The number of nitrogens with two attached hydrogens (primary N) is 1. The Labute approximate surface area is 123 Å². The van der Waals surface area contributed by atoms with Gasteiger partial charge in [0.2, 0.25) is 0 Å². The van der Waals surface area contributed by atoms with E-state index in [-0.39, 0.29) is 11.9 Å². The first kappa shape index (κ1) is 14.9. The third kappa shape index (κ3) is 3.32. The van der Waals surface area contributed by atoms with E-state index in [1.54, 1.807) is 17.0 Å². The van der Waals surface area contributed by atoms with Gasteiger partial charge in [-0.15, -0.1) is 0 Å². The zero-order valence-electron chi connectivity index (χ0n) is 11.4. The number of benzene rings is 1. The van der Waals surface area contributed by atoms with E-state index >= 15 is 0 Å². The van der Waals surface area contributed by atoms with Crippen LogP contribution in [0.15, 0.2) is 24.3 Å². The Morgan fingerprint density at radius 2 is 2.00 bits per heavy atom. The maximum absolute atomic E-state index is 13.1. The molecule has 108 valence electrons. The monoisotopic (exact) mass is 295 g/mol. The summed E-state index contributed by atoms with van der Waals surface area (Å²) >= 11 is 4.98. The summed E-state index contributed by atoms with van der Waals surface area (Å²) in [5, 5.41) is 0. The Hall–Kier alpha value is -1.53. The molecule has 1 unspecified atom stereocenters. The van der Waals surface area contributed by atoms with Crippen LogP contribution >= 0.6 is 12.2 Å². The molecule has 1 saturated heterocycles. The van der Waals surface area contributed by atoms with E-state index in [9.17, 15) is 9.18 Å². The molecular weight excluding hydrogens is 277 g/mol. The van der Waals surface area contributed by atoms with Gasteiger partial charge in [-0.3, -0.25) is 9.69 Å². The Morgan fingerprint density at radius 1 is 1.35 bits per heavy atom. The highest BCUT2D eigenvalue weighted by molar-refractivity contribution is 7.80. The number of hydrogen-bond acceptors (Lipinski definition) is 3. The van der Waals surface area contributed by atoms with Gasteiger partial charge in [-0.1, -0.05) is 18.3 Å². The summed E-state index contributed by atoms with van der Waals surface area (Å²) in [6, 6.07) is 5.82. The number of nitrogens with zero attached hydrogens (tertiary/aromatic N) is 2. The molecule has 1 fully saturated rings. The molecule has 1 aromatic rings. The van der Waals surface area contributed by atoms with Crippen molar-refractivity contribution < 1.29 is 9.18 Å². The van der Waals surface area contributed by atoms with E-state index in [1.165, 1.54) is 12.1 Å². The lowest BCUT2D eigenvalue weighted by molar-refractivity contribution is 0.0621. The molecule has 1 aliphatic heterocycles. The van der Waals surface area contributed by atoms with Crippen molar-refractivity contribution in [2.45, 2.75) is 13.0 Å². The number of halogens is 1. The summed E-state index contributed by atoms with van der Waals surface area (Å²) in [6.45, 7) is 4.61. The van der Waals surface area contributed by atoms with Gasteiger partial charge in [-0.05, 0) is 25.1 Å². The average molecular weight is 295 g/mol. The minimum Gasteiger partial charge on any atom is -0.392 e. The largest absolute Gasteiger partial charge is 0.392 e. The first-order chi connectivity index (χ1) is 9.49. The molecule has 2 N–H and O–H groups in total. The fourth-order valence-corrected chi connectivity index (χ4v) is 2.45. The molecule has 6 heteroatoms. The molecule has 1 aromatic carbocycles. The molecule has 4 nitrogen and oxygen atoms in total. The molecule has 1 heterocycles. The molecule has 0 bridgehead atoms. The van der Waals surface area contributed by atoms with Gasteiger partial charge in [0.15, 0.2) is 0 Å². The summed E-state index contributed by atoms with van der Waals surface area (Å²) < 4.78 is 13.1. The van der Waals surface area contributed by atoms with Crippen molar-refractivity contribution in [3.8, 4) is 0 Å². The highest BCUT2D eigenvalue weighted by Gasteiger charge is 2.25. The lowest BCUT2D eigenvalue weighted by Crippen LogP contribution is -2.53. The predicted octanol–water partition coefficient (Wildman–Crippen LogP) is 1.26. The zero-order chi connectivity index (χ0) is 14.7. The number of carbonyl (C=O) groups is 1. The molecule has 1 aliphatic rings. The van der Waals surface area contributed by atoms with E-state index in [1.807, 2.05) is 6.92 Å². The predicted molar refractivity (Wildman–Crippen MR) is 80.1 cm³/mol. The van der Waals surface area contributed by atoms with Crippen LogP contribution in [0.1, 0.15) is 17.3 Å².